The van der Waals surface area contributed by atoms with E-state index in [9.17, 15) is 34.2 Å². The number of carbonyl (C=O) groups is 5. The molecule has 0 aliphatic heterocycles. The normalized spacial score (nSPS) is 31.9. The Kier molecular flexibility index (Phi) is 6.65. The topological polar surface area (TPSA) is 167 Å². The van der Waals surface area contributed by atoms with Gasteiger partial charge in [0, 0.05) is 12.5 Å². The van der Waals surface area contributed by atoms with Crippen molar-refractivity contribution in [3.05, 3.63) is 28.8 Å². The predicted octanol–water partition coefficient (Wildman–Crippen LogP) is -0.387. The van der Waals surface area contributed by atoms with Crippen molar-refractivity contribution in [2.24, 2.45) is 35.3 Å². The van der Waals surface area contributed by atoms with E-state index in [2.05, 4.69) is 19.2 Å². The largest absolute Gasteiger partial charge is 0.507 e. The first-order valence-electron chi connectivity index (χ1n) is 12.2. The van der Waals surface area contributed by atoms with E-state index in [1.807, 2.05) is 0 Å². The molecule has 1 amide bonds. The summed E-state index contributed by atoms with van der Waals surface area (Å²) in [5, 5.41) is 25.5. The SMILES string of the molecule is CC(C)CNCc1ccc(O)c2c1C[C@H]1C[C@H]3[C@H](N(C)C)C(=O)C(C(N)=O)C(=O)[C@@]3(O)C(=O)C1C2=O. The number of nitrogens with one attached hydrogen (secondary N) is 1. The smallest absolute Gasteiger partial charge is 0.235 e. The summed E-state index contributed by atoms with van der Waals surface area (Å²) in [4.78, 5) is 67.3. The van der Waals surface area contributed by atoms with E-state index in [0.29, 0.717) is 18.0 Å². The van der Waals surface area contributed by atoms with E-state index in [1.165, 1.54) is 11.0 Å². The molecule has 0 bridgehead atoms. The van der Waals surface area contributed by atoms with Crippen LogP contribution in [0.3, 0.4) is 0 Å². The number of ketones is 4. The van der Waals surface area contributed by atoms with Crippen LogP contribution in [0.4, 0.5) is 0 Å². The zero-order valence-corrected chi connectivity index (χ0v) is 20.9. The Hall–Kier alpha value is -2.95. The van der Waals surface area contributed by atoms with Crippen molar-refractivity contribution < 1.29 is 34.2 Å². The van der Waals surface area contributed by atoms with Gasteiger partial charge < -0.3 is 21.3 Å². The van der Waals surface area contributed by atoms with Crippen LogP contribution in [0.25, 0.3) is 0 Å². The number of rotatable bonds is 6. The number of hydrogen-bond acceptors (Lipinski definition) is 9. The van der Waals surface area contributed by atoms with E-state index < -0.39 is 64.4 Å². The highest BCUT2D eigenvalue weighted by Crippen LogP contribution is 2.50. The molecule has 0 radical (unpaired) electrons. The summed E-state index contributed by atoms with van der Waals surface area (Å²) in [6.45, 7) is 5.35. The Morgan fingerprint density at radius 1 is 1.19 bits per heavy atom. The summed E-state index contributed by atoms with van der Waals surface area (Å²) in [5.74, 6) is -9.88. The third-order valence-electron chi connectivity index (χ3n) is 7.91. The molecule has 36 heavy (non-hydrogen) atoms. The van der Waals surface area contributed by atoms with Gasteiger partial charge in [-0.05, 0) is 62.5 Å². The van der Waals surface area contributed by atoms with Gasteiger partial charge in [0.05, 0.1) is 17.5 Å². The van der Waals surface area contributed by atoms with E-state index in [-0.39, 0.29) is 24.2 Å². The first kappa shape index (κ1) is 26.1. The zero-order valence-electron chi connectivity index (χ0n) is 20.9. The number of aliphatic hydroxyl groups is 1. The fourth-order valence-electron chi connectivity index (χ4n) is 6.33. The van der Waals surface area contributed by atoms with Crippen LogP contribution in [0, 0.1) is 29.6 Å². The Labute approximate surface area is 209 Å². The van der Waals surface area contributed by atoms with Crippen molar-refractivity contribution in [2.75, 3.05) is 20.6 Å². The van der Waals surface area contributed by atoms with Gasteiger partial charge in [0.25, 0.3) is 0 Å². The summed E-state index contributed by atoms with van der Waals surface area (Å²) in [6, 6.07) is 2.04. The summed E-state index contributed by atoms with van der Waals surface area (Å²) in [6.07, 6.45) is 0.303. The molecule has 2 fully saturated rings. The molecule has 2 saturated carbocycles. The summed E-state index contributed by atoms with van der Waals surface area (Å²) in [5.41, 5.74) is 4.08. The highest BCUT2D eigenvalue weighted by atomic mass is 16.3. The maximum Gasteiger partial charge on any atom is 0.235 e. The second-order valence-electron chi connectivity index (χ2n) is 10.9. The van der Waals surface area contributed by atoms with Crippen molar-refractivity contribution in [2.45, 2.75) is 44.9 Å². The average Bonchev–Trinajstić information content (AvgIpc) is 2.77. The molecule has 0 heterocycles. The van der Waals surface area contributed by atoms with Gasteiger partial charge in [-0.3, -0.25) is 28.9 Å². The first-order chi connectivity index (χ1) is 16.8. The number of hydrogen-bond donors (Lipinski definition) is 4. The number of likely N-dealkylation sites (N-methyl/N-ethyl adjacent to an activating group) is 1. The maximum atomic E-state index is 13.8. The number of aromatic hydroxyl groups is 1. The molecule has 10 nitrogen and oxygen atoms in total. The van der Waals surface area contributed by atoms with Gasteiger partial charge in [0.1, 0.15) is 5.75 Å². The van der Waals surface area contributed by atoms with E-state index in [4.69, 9.17) is 5.73 Å². The molecular weight excluding hydrogens is 466 g/mol. The standard InChI is InChI=1S/C26H33N3O7/c1-11(2)9-28-10-12-5-6-16(30)18-14(12)7-13-8-15-20(29(3)4)22(32)19(25(27)35)24(34)26(15,36)23(33)17(13)21(18)31/h5-6,11,13,15,17,19-20,28,30,36H,7-10H2,1-4H3,(H2,27,35)/t13-,15-,17?,19?,20-,26-/m0/s1. The van der Waals surface area contributed by atoms with Gasteiger partial charge in [-0.1, -0.05) is 19.9 Å². The zero-order chi connectivity index (χ0) is 26.7. The number of phenolic OH excluding ortho intramolecular Hbond substituents is 1. The number of carbonyl (C=O) groups excluding carboxylic acids is 5. The number of phenols is 1. The van der Waals surface area contributed by atoms with Crippen LogP contribution in [-0.2, 0) is 32.1 Å². The molecule has 0 spiro atoms. The summed E-state index contributed by atoms with van der Waals surface area (Å²) < 4.78 is 0. The predicted molar refractivity (Wildman–Crippen MR) is 128 cm³/mol. The van der Waals surface area contributed by atoms with Gasteiger partial charge in [0.15, 0.2) is 34.7 Å². The minimum atomic E-state index is -2.71. The van der Waals surface area contributed by atoms with Crippen LogP contribution < -0.4 is 11.1 Å². The van der Waals surface area contributed by atoms with Gasteiger partial charge in [-0.2, -0.15) is 0 Å². The summed E-state index contributed by atoms with van der Waals surface area (Å²) >= 11 is 0. The lowest BCUT2D eigenvalue weighted by Crippen LogP contribution is -2.74. The van der Waals surface area contributed by atoms with Gasteiger partial charge in [-0.15, -0.1) is 0 Å². The third kappa shape index (κ3) is 3.79. The van der Waals surface area contributed by atoms with Crippen molar-refractivity contribution in [3.8, 4) is 5.75 Å². The van der Waals surface area contributed by atoms with Gasteiger partial charge in [0.2, 0.25) is 5.91 Å². The minimum absolute atomic E-state index is 0.0189. The second-order valence-corrected chi connectivity index (χ2v) is 10.9. The fraction of sp³-hybridized carbons (Fsp3) is 0.577. The Morgan fingerprint density at radius 3 is 2.44 bits per heavy atom. The highest BCUT2D eigenvalue weighted by Gasteiger charge is 2.69. The number of primary amides is 1. The highest BCUT2D eigenvalue weighted by molar-refractivity contribution is 6.32. The number of nitrogens with zero attached hydrogens (tertiary/aromatic N) is 1. The van der Waals surface area contributed by atoms with Crippen LogP contribution in [0.1, 0.15) is 41.8 Å². The maximum absolute atomic E-state index is 13.8. The number of fused-ring (bicyclic) bond motifs is 3. The van der Waals surface area contributed by atoms with Crippen molar-refractivity contribution in [1.29, 1.82) is 0 Å². The molecule has 194 valence electrons. The van der Waals surface area contributed by atoms with Gasteiger partial charge in [-0.25, -0.2) is 0 Å². The third-order valence-corrected chi connectivity index (χ3v) is 7.91. The lowest BCUT2D eigenvalue weighted by molar-refractivity contribution is -0.181. The van der Waals surface area contributed by atoms with Crippen LogP contribution in [0.5, 0.6) is 5.75 Å². The minimum Gasteiger partial charge on any atom is -0.507 e. The van der Waals surface area contributed by atoms with Crippen LogP contribution >= 0.6 is 0 Å². The quantitative estimate of drug-likeness (QED) is 0.381. The molecule has 3 aliphatic rings. The molecule has 2 unspecified atom stereocenters. The first-order valence-corrected chi connectivity index (χ1v) is 12.2. The monoisotopic (exact) mass is 499 g/mol. The van der Waals surface area contributed by atoms with E-state index in [0.717, 1.165) is 12.1 Å². The van der Waals surface area contributed by atoms with E-state index in [1.54, 1.807) is 20.2 Å². The molecule has 3 aliphatic carbocycles. The Morgan fingerprint density at radius 2 is 1.86 bits per heavy atom. The summed E-state index contributed by atoms with van der Waals surface area (Å²) in [7, 11) is 3.12. The Bertz CT molecular complexity index is 1160. The molecule has 1 aromatic rings. The fourth-order valence-corrected chi connectivity index (χ4v) is 6.33. The van der Waals surface area contributed by atoms with Crippen molar-refractivity contribution >= 4 is 29.0 Å². The van der Waals surface area contributed by atoms with Crippen LogP contribution in [0.2, 0.25) is 0 Å². The van der Waals surface area contributed by atoms with Gasteiger partial charge >= 0.3 is 0 Å². The molecule has 0 aromatic heterocycles. The van der Waals surface area contributed by atoms with Crippen LogP contribution in [0.15, 0.2) is 12.1 Å². The number of nitrogens with two attached hydrogens (primary N) is 1. The number of benzene rings is 1. The Balaban J connectivity index is 1.79. The molecule has 5 N–H and O–H groups in total. The molecule has 6 atom stereocenters. The number of Topliss-reactive ketones (excluding diaryl/α,β-unsaturated/α-hetero) is 4. The van der Waals surface area contributed by atoms with E-state index >= 15 is 0 Å². The molecule has 4 rings (SSSR count). The lowest BCUT2D eigenvalue weighted by atomic mass is 9.52. The van der Waals surface area contributed by atoms with Crippen molar-refractivity contribution in [1.82, 2.24) is 10.2 Å². The lowest BCUT2D eigenvalue weighted by Gasteiger charge is -2.52. The van der Waals surface area contributed by atoms with Crippen LogP contribution in [-0.4, -0.2) is 76.4 Å². The number of amides is 1. The average molecular weight is 500 g/mol. The molecule has 1 aromatic carbocycles. The second kappa shape index (κ2) is 9.17. The molecular formula is C26H33N3O7. The molecule has 10 heteroatoms. The molecule has 0 saturated heterocycles. The van der Waals surface area contributed by atoms with Crippen molar-refractivity contribution in [3.63, 3.8) is 0 Å².